The second-order valence-electron chi connectivity index (χ2n) is 2.44. The van der Waals surface area contributed by atoms with Crippen LogP contribution in [0.25, 0.3) is 0 Å². The molecule has 0 aliphatic carbocycles. The van der Waals surface area contributed by atoms with Crippen LogP contribution in [0.5, 0.6) is 0 Å². The van der Waals surface area contributed by atoms with Crippen LogP contribution in [-0.4, -0.2) is 28.7 Å². The van der Waals surface area contributed by atoms with Crippen LogP contribution >= 0.6 is 0 Å². The Kier molecular flexibility index (Phi) is 2.05. The first-order valence-electron chi connectivity index (χ1n) is 3.21. The molecule has 3 atom stereocenters. The van der Waals surface area contributed by atoms with E-state index < -0.39 is 12.4 Å². The van der Waals surface area contributed by atoms with Gasteiger partial charge in [0.05, 0.1) is 12.2 Å². The molecule has 0 radical (unpaired) electrons. The Hall–Kier alpha value is -0.120. The van der Waals surface area contributed by atoms with Crippen molar-refractivity contribution in [2.75, 3.05) is 0 Å². The van der Waals surface area contributed by atoms with Gasteiger partial charge < -0.3 is 14.9 Å². The predicted octanol–water partition coefficient (Wildman–Crippen LogP) is -0.135. The molecule has 1 rings (SSSR count). The molecule has 0 aromatic heterocycles. The lowest BCUT2D eigenvalue weighted by Gasteiger charge is -2.28. The molecule has 0 amide bonds. The van der Waals surface area contributed by atoms with Gasteiger partial charge in [0.25, 0.3) is 0 Å². The third-order valence-corrected chi connectivity index (χ3v) is 1.62. The van der Waals surface area contributed by atoms with Gasteiger partial charge in [0, 0.05) is 6.42 Å². The highest BCUT2D eigenvalue weighted by Gasteiger charge is 2.24. The van der Waals surface area contributed by atoms with Crippen molar-refractivity contribution < 1.29 is 14.9 Å². The van der Waals surface area contributed by atoms with Gasteiger partial charge in [-0.15, -0.1) is 0 Å². The Balaban J connectivity index is 2.35. The summed E-state index contributed by atoms with van der Waals surface area (Å²) in [6.45, 7) is 1.76. The van der Waals surface area contributed by atoms with E-state index in [9.17, 15) is 0 Å². The number of hydrogen-bond donors (Lipinski definition) is 2. The van der Waals surface area contributed by atoms with E-state index in [0.29, 0.717) is 12.8 Å². The normalized spacial score (nSPS) is 45.0. The van der Waals surface area contributed by atoms with E-state index in [4.69, 9.17) is 14.9 Å². The molecule has 1 aliphatic heterocycles. The molecule has 3 heteroatoms. The third-order valence-electron chi connectivity index (χ3n) is 1.62. The summed E-state index contributed by atoms with van der Waals surface area (Å²) in [4.78, 5) is 0. The van der Waals surface area contributed by atoms with Crippen molar-refractivity contribution in [2.45, 2.75) is 38.3 Å². The maximum atomic E-state index is 9.06. The van der Waals surface area contributed by atoms with E-state index in [1.807, 2.05) is 0 Å². The standard InChI is InChI=1S/C6H12O3/c1-4-5(7)2-3-6(8)9-4/h4-8H,2-3H2,1H3/t4-,5-,6-/m1/s1. The Bertz CT molecular complexity index is 94.3. The fraction of sp³-hybridized carbons (Fsp3) is 1.00. The van der Waals surface area contributed by atoms with Crippen LogP contribution in [-0.2, 0) is 4.74 Å². The summed E-state index contributed by atoms with van der Waals surface area (Å²) in [5, 5.41) is 17.9. The molecule has 9 heavy (non-hydrogen) atoms. The maximum Gasteiger partial charge on any atom is 0.155 e. The lowest BCUT2D eigenvalue weighted by atomic mass is 10.1. The topological polar surface area (TPSA) is 49.7 Å². The number of ether oxygens (including phenoxy) is 1. The van der Waals surface area contributed by atoms with Gasteiger partial charge in [0.1, 0.15) is 0 Å². The van der Waals surface area contributed by atoms with E-state index >= 15 is 0 Å². The van der Waals surface area contributed by atoms with Gasteiger partial charge in [-0.2, -0.15) is 0 Å². The molecule has 2 N–H and O–H groups in total. The molecule has 0 saturated carbocycles. The minimum atomic E-state index is -0.664. The van der Waals surface area contributed by atoms with Crippen LogP contribution < -0.4 is 0 Å². The zero-order valence-corrected chi connectivity index (χ0v) is 5.45. The zero-order chi connectivity index (χ0) is 6.85. The first-order chi connectivity index (χ1) is 4.20. The molecule has 0 aromatic rings. The molecular formula is C6H12O3. The summed E-state index contributed by atoms with van der Waals surface area (Å²) < 4.78 is 4.90. The fourth-order valence-corrected chi connectivity index (χ4v) is 0.955. The highest BCUT2D eigenvalue weighted by molar-refractivity contribution is 4.69. The first kappa shape index (κ1) is 6.99. The number of aliphatic hydroxyl groups is 2. The summed E-state index contributed by atoms with van der Waals surface area (Å²) in [5.74, 6) is 0. The molecule has 0 bridgehead atoms. The van der Waals surface area contributed by atoms with Gasteiger partial charge in [-0.3, -0.25) is 0 Å². The average Bonchev–Trinajstić information content (AvgIpc) is 1.80. The maximum absolute atomic E-state index is 9.06. The molecule has 0 aromatic carbocycles. The lowest BCUT2D eigenvalue weighted by molar-refractivity contribution is -0.192. The van der Waals surface area contributed by atoms with Gasteiger partial charge in [-0.25, -0.2) is 0 Å². The highest BCUT2D eigenvalue weighted by Crippen LogP contribution is 2.16. The molecule has 54 valence electrons. The summed E-state index contributed by atoms with van der Waals surface area (Å²) in [6, 6.07) is 0. The lowest BCUT2D eigenvalue weighted by Crippen LogP contribution is -2.36. The van der Waals surface area contributed by atoms with Crippen LogP contribution in [0.2, 0.25) is 0 Å². The SMILES string of the molecule is C[C@H]1O[C@@H](O)CC[C@H]1O. The quantitative estimate of drug-likeness (QED) is 0.482. The van der Waals surface area contributed by atoms with E-state index in [2.05, 4.69) is 0 Å². The number of aliphatic hydroxyl groups excluding tert-OH is 2. The zero-order valence-electron chi connectivity index (χ0n) is 5.45. The summed E-state index contributed by atoms with van der Waals surface area (Å²) in [7, 11) is 0. The molecule has 1 saturated heterocycles. The Labute approximate surface area is 54.3 Å². The number of rotatable bonds is 0. The highest BCUT2D eigenvalue weighted by atomic mass is 16.6. The van der Waals surface area contributed by atoms with Crippen LogP contribution in [0.15, 0.2) is 0 Å². The van der Waals surface area contributed by atoms with Gasteiger partial charge in [-0.1, -0.05) is 0 Å². The second kappa shape index (κ2) is 2.64. The van der Waals surface area contributed by atoms with Crippen molar-refractivity contribution in [3.05, 3.63) is 0 Å². The third kappa shape index (κ3) is 1.64. The van der Waals surface area contributed by atoms with Crippen LogP contribution in [0.1, 0.15) is 19.8 Å². The first-order valence-corrected chi connectivity index (χ1v) is 3.21. The van der Waals surface area contributed by atoms with Crippen LogP contribution in [0.3, 0.4) is 0 Å². The van der Waals surface area contributed by atoms with E-state index in [1.165, 1.54) is 0 Å². The van der Waals surface area contributed by atoms with Crippen molar-refractivity contribution in [3.8, 4) is 0 Å². The summed E-state index contributed by atoms with van der Waals surface area (Å²) in [6.07, 6.45) is -0.0843. The average molecular weight is 132 g/mol. The largest absolute Gasteiger partial charge is 0.390 e. The van der Waals surface area contributed by atoms with Crippen molar-refractivity contribution in [1.29, 1.82) is 0 Å². The minimum absolute atomic E-state index is 0.214. The molecule has 3 nitrogen and oxygen atoms in total. The van der Waals surface area contributed by atoms with E-state index in [0.717, 1.165) is 0 Å². The van der Waals surface area contributed by atoms with Crippen molar-refractivity contribution >= 4 is 0 Å². The molecule has 1 heterocycles. The van der Waals surface area contributed by atoms with Crippen molar-refractivity contribution in [1.82, 2.24) is 0 Å². The monoisotopic (exact) mass is 132 g/mol. The molecule has 1 aliphatic rings. The van der Waals surface area contributed by atoms with Gasteiger partial charge in [0.2, 0.25) is 0 Å². The van der Waals surface area contributed by atoms with Gasteiger partial charge in [-0.05, 0) is 13.3 Å². The van der Waals surface area contributed by atoms with Gasteiger partial charge >= 0.3 is 0 Å². The van der Waals surface area contributed by atoms with Crippen molar-refractivity contribution in [3.63, 3.8) is 0 Å². The van der Waals surface area contributed by atoms with Crippen LogP contribution in [0, 0.1) is 0 Å². The Morgan fingerprint density at radius 3 is 2.44 bits per heavy atom. The van der Waals surface area contributed by atoms with E-state index in [1.54, 1.807) is 6.92 Å². The minimum Gasteiger partial charge on any atom is -0.390 e. The Morgan fingerprint density at radius 1 is 1.33 bits per heavy atom. The van der Waals surface area contributed by atoms with Crippen molar-refractivity contribution in [2.24, 2.45) is 0 Å². The second-order valence-corrected chi connectivity index (χ2v) is 2.44. The molecule has 0 spiro atoms. The van der Waals surface area contributed by atoms with E-state index in [-0.39, 0.29) is 6.10 Å². The molecule has 0 unspecified atom stereocenters. The number of hydrogen-bond acceptors (Lipinski definition) is 3. The fourth-order valence-electron chi connectivity index (χ4n) is 0.955. The summed E-state index contributed by atoms with van der Waals surface area (Å²) in [5.41, 5.74) is 0. The predicted molar refractivity (Wildman–Crippen MR) is 31.8 cm³/mol. The smallest absolute Gasteiger partial charge is 0.155 e. The molecular weight excluding hydrogens is 120 g/mol. The van der Waals surface area contributed by atoms with Gasteiger partial charge in [0.15, 0.2) is 6.29 Å². The Morgan fingerprint density at radius 2 is 2.00 bits per heavy atom. The molecule has 1 fully saturated rings. The van der Waals surface area contributed by atoms with Crippen LogP contribution in [0.4, 0.5) is 0 Å². The summed E-state index contributed by atoms with van der Waals surface area (Å²) >= 11 is 0.